The molecule has 1 aromatic rings. The van der Waals surface area contributed by atoms with E-state index in [9.17, 15) is 0 Å². The van der Waals surface area contributed by atoms with Crippen LogP contribution >= 0.6 is 0 Å². The lowest BCUT2D eigenvalue weighted by Gasteiger charge is -2.55. The summed E-state index contributed by atoms with van der Waals surface area (Å²) >= 11 is 0. The van der Waals surface area contributed by atoms with Crippen molar-refractivity contribution in [3.8, 4) is 0 Å². The number of likely N-dealkylation sites (N-methyl/N-ethyl adjacent to an activating group) is 1. The zero-order valence-corrected chi connectivity index (χ0v) is 13.3. The topological polar surface area (TPSA) is 51.0 Å². The van der Waals surface area contributed by atoms with Crippen LogP contribution in [0.1, 0.15) is 64.1 Å². The molecule has 1 aromatic heterocycles. The maximum atomic E-state index is 5.57. The fourth-order valence-electron chi connectivity index (χ4n) is 5.62. The van der Waals surface area contributed by atoms with Gasteiger partial charge in [0.25, 0.3) is 0 Å². The Hall–Kier alpha value is -0.900. The van der Waals surface area contributed by atoms with Crippen molar-refractivity contribution in [1.29, 1.82) is 0 Å². The van der Waals surface area contributed by atoms with Crippen molar-refractivity contribution in [2.45, 2.75) is 70.3 Å². The summed E-state index contributed by atoms with van der Waals surface area (Å²) < 4.78 is 5.57. The van der Waals surface area contributed by atoms with Gasteiger partial charge in [-0.1, -0.05) is 12.1 Å². The van der Waals surface area contributed by atoms with E-state index in [1.807, 2.05) is 0 Å². The van der Waals surface area contributed by atoms with Gasteiger partial charge in [-0.25, -0.2) is 0 Å². The lowest BCUT2D eigenvalue weighted by Crippen LogP contribution is -2.49. The molecule has 0 spiro atoms. The number of rotatable bonds is 5. The van der Waals surface area contributed by atoms with Gasteiger partial charge in [-0.05, 0) is 69.7 Å². The van der Waals surface area contributed by atoms with Gasteiger partial charge in [-0.2, -0.15) is 4.98 Å². The first-order chi connectivity index (χ1) is 10.2. The zero-order chi connectivity index (χ0) is 14.4. The van der Waals surface area contributed by atoms with Gasteiger partial charge >= 0.3 is 0 Å². The second-order valence-electron chi connectivity index (χ2n) is 7.87. The molecule has 5 rings (SSSR count). The second kappa shape index (κ2) is 5.08. The van der Waals surface area contributed by atoms with Crippen molar-refractivity contribution in [2.75, 3.05) is 6.54 Å². The van der Waals surface area contributed by atoms with E-state index >= 15 is 0 Å². The van der Waals surface area contributed by atoms with Crippen LogP contribution < -0.4 is 5.32 Å². The molecule has 1 atom stereocenters. The molecular formula is C17H27N3O. The Kier molecular flexibility index (Phi) is 3.32. The van der Waals surface area contributed by atoms with Gasteiger partial charge in [0, 0.05) is 17.9 Å². The smallest absolute Gasteiger partial charge is 0.228 e. The molecular weight excluding hydrogens is 262 g/mol. The maximum Gasteiger partial charge on any atom is 0.228 e. The molecule has 1 N–H and O–H groups in total. The average Bonchev–Trinajstić information content (AvgIpc) is 2.86. The molecule has 4 nitrogen and oxygen atoms in total. The van der Waals surface area contributed by atoms with Crippen LogP contribution in [0.25, 0.3) is 0 Å². The molecule has 1 heterocycles. The fraction of sp³-hybridized carbons (Fsp3) is 0.882. The Morgan fingerprint density at radius 2 is 1.81 bits per heavy atom. The second-order valence-corrected chi connectivity index (χ2v) is 7.87. The largest absolute Gasteiger partial charge is 0.339 e. The van der Waals surface area contributed by atoms with Crippen LogP contribution in [0.4, 0.5) is 0 Å². The highest BCUT2D eigenvalue weighted by Crippen LogP contribution is 2.60. The van der Waals surface area contributed by atoms with E-state index in [4.69, 9.17) is 9.51 Å². The van der Waals surface area contributed by atoms with Gasteiger partial charge in [-0.3, -0.25) is 0 Å². The molecule has 0 aliphatic heterocycles. The van der Waals surface area contributed by atoms with Crippen LogP contribution in [0.5, 0.6) is 0 Å². The van der Waals surface area contributed by atoms with Crippen LogP contribution in [-0.2, 0) is 11.8 Å². The molecule has 4 fully saturated rings. The summed E-state index contributed by atoms with van der Waals surface area (Å²) in [5.41, 5.74) is 0.262. The summed E-state index contributed by atoms with van der Waals surface area (Å²) in [6, 6.07) is 0.402. The van der Waals surface area contributed by atoms with E-state index in [0.717, 1.165) is 42.4 Å². The van der Waals surface area contributed by atoms with E-state index in [1.165, 1.54) is 38.5 Å². The maximum absolute atomic E-state index is 5.57. The van der Waals surface area contributed by atoms with Crippen molar-refractivity contribution in [2.24, 2.45) is 17.8 Å². The molecule has 1 unspecified atom stereocenters. The zero-order valence-electron chi connectivity index (χ0n) is 13.3. The first kappa shape index (κ1) is 13.7. The molecule has 0 amide bonds. The Morgan fingerprint density at radius 1 is 1.19 bits per heavy atom. The van der Waals surface area contributed by atoms with E-state index in [1.54, 1.807) is 0 Å². The quantitative estimate of drug-likeness (QED) is 0.905. The van der Waals surface area contributed by atoms with Gasteiger partial charge in [0.05, 0.1) is 0 Å². The molecule has 4 aliphatic rings. The monoisotopic (exact) mass is 289 g/mol. The molecule has 116 valence electrons. The van der Waals surface area contributed by atoms with Crippen molar-refractivity contribution < 1.29 is 4.52 Å². The molecule has 0 saturated heterocycles. The Morgan fingerprint density at radius 3 is 2.38 bits per heavy atom. The number of nitrogens with zero attached hydrogens (tertiary/aromatic N) is 2. The highest BCUT2D eigenvalue weighted by atomic mass is 16.5. The summed E-state index contributed by atoms with van der Waals surface area (Å²) in [6.07, 6.45) is 9.14. The van der Waals surface area contributed by atoms with Gasteiger partial charge in [0.15, 0.2) is 5.82 Å². The van der Waals surface area contributed by atoms with Crippen molar-refractivity contribution >= 4 is 0 Å². The number of aromatic nitrogens is 2. The minimum atomic E-state index is 0.262. The first-order valence-corrected chi connectivity index (χ1v) is 8.73. The Bertz CT molecular complexity index is 475. The highest BCUT2D eigenvalue weighted by molar-refractivity contribution is 5.16. The van der Waals surface area contributed by atoms with Crippen LogP contribution in [0, 0.1) is 17.8 Å². The van der Waals surface area contributed by atoms with Crippen molar-refractivity contribution in [1.82, 2.24) is 15.5 Å². The SMILES string of the molecule is CCNC(C)Cc1nc(C23CC4CC(CC(C4)C2)C3)no1. The summed E-state index contributed by atoms with van der Waals surface area (Å²) in [6.45, 7) is 5.29. The van der Waals surface area contributed by atoms with E-state index in [2.05, 4.69) is 24.3 Å². The number of hydrogen-bond acceptors (Lipinski definition) is 4. The lowest BCUT2D eigenvalue weighted by atomic mass is 9.49. The third-order valence-corrected chi connectivity index (χ3v) is 6.01. The van der Waals surface area contributed by atoms with Gasteiger partial charge < -0.3 is 9.84 Å². The molecule has 4 heteroatoms. The lowest BCUT2D eigenvalue weighted by molar-refractivity contribution is -0.0103. The minimum Gasteiger partial charge on any atom is -0.339 e. The van der Waals surface area contributed by atoms with E-state index in [-0.39, 0.29) is 5.41 Å². The molecule has 0 aromatic carbocycles. The number of hydrogen-bond donors (Lipinski definition) is 1. The molecule has 4 saturated carbocycles. The fourth-order valence-corrected chi connectivity index (χ4v) is 5.62. The van der Waals surface area contributed by atoms with Gasteiger partial charge in [0.2, 0.25) is 5.89 Å². The van der Waals surface area contributed by atoms with Gasteiger partial charge in [0.1, 0.15) is 0 Å². The summed E-state index contributed by atoms with van der Waals surface area (Å²) in [5.74, 6) is 4.63. The Labute approximate surface area is 127 Å². The third-order valence-electron chi connectivity index (χ3n) is 6.01. The summed E-state index contributed by atoms with van der Waals surface area (Å²) in [5, 5.41) is 7.82. The van der Waals surface area contributed by atoms with Gasteiger partial charge in [-0.15, -0.1) is 0 Å². The normalized spacial score (nSPS) is 38.9. The Balaban J connectivity index is 1.53. The molecule has 4 bridgehead atoms. The van der Waals surface area contributed by atoms with Crippen LogP contribution in [0.3, 0.4) is 0 Å². The predicted octanol–water partition coefficient (Wildman–Crippen LogP) is 3.08. The number of nitrogens with one attached hydrogen (secondary N) is 1. The molecule has 4 aliphatic carbocycles. The van der Waals surface area contributed by atoms with Crippen LogP contribution in [-0.4, -0.2) is 22.7 Å². The van der Waals surface area contributed by atoms with Crippen molar-refractivity contribution in [3.05, 3.63) is 11.7 Å². The standard InChI is InChI=1S/C17H27N3O/c1-3-18-11(2)4-15-19-16(20-21-15)17-8-12-5-13(9-17)7-14(6-12)10-17/h11-14,18H,3-10H2,1-2H3. The minimum absolute atomic E-state index is 0.262. The highest BCUT2D eigenvalue weighted by Gasteiger charge is 2.53. The van der Waals surface area contributed by atoms with Crippen LogP contribution in [0.15, 0.2) is 4.52 Å². The average molecular weight is 289 g/mol. The predicted molar refractivity (Wildman–Crippen MR) is 81.0 cm³/mol. The van der Waals surface area contributed by atoms with Crippen LogP contribution in [0.2, 0.25) is 0 Å². The molecule has 0 radical (unpaired) electrons. The van der Waals surface area contributed by atoms with E-state index < -0.39 is 0 Å². The first-order valence-electron chi connectivity index (χ1n) is 8.73. The summed E-state index contributed by atoms with van der Waals surface area (Å²) in [7, 11) is 0. The molecule has 21 heavy (non-hydrogen) atoms. The summed E-state index contributed by atoms with van der Waals surface area (Å²) in [4.78, 5) is 4.80. The van der Waals surface area contributed by atoms with E-state index in [0.29, 0.717) is 6.04 Å². The third kappa shape index (κ3) is 2.41. The van der Waals surface area contributed by atoms with Crippen molar-refractivity contribution in [3.63, 3.8) is 0 Å².